The van der Waals surface area contributed by atoms with E-state index in [0.29, 0.717) is 28.7 Å². The topological polar surface area (TPSA) is 40.5 Å². The molecule has 3 saturated carbocycles. The van der Waals surface area contributed by atoms with E-state index in [4.69, 9.17) is 0 Å². The number of rotatable bonds is 6. The number of hydrogen-bond donors (Lipinski definition) is 2. The van der Waals surface area contributed by atoms with E-state index in [2.05, 4.69) is 26.8 Å². The zero-order chi connectivity index (χ0) is 24.1. The monoisotopic (exact) mass is 468 g/mol. The smallest absolute Gasteiger partial charge is 0.128 e. The number of aliphatic hydroxyl groups is 2. The van der Waals surface area contributed by atoms with Crippen molar-refractivity contribution in [1.82, 2.24) is 0 Å². The first kappa shape index (κ1) is 24.5. The molecule has 0 aromatic heterocycles. The van der Waals surface area contributed by atoms with Crippen molar-refractivity contribution < 1.29 is 14.6 Å². The van der Waals surface area contributed by atoms with Crippen LogP contribution in [0.1, 0.15) is 103 Å². The summed E-state index contributed by atoms with van der Waals surface area (Å²) in [5.41, 5.74) is 2.75. The van der Waals surface area contributed by atoms with Crippen LogP contribution in [0.15, 0.2) is 35.9 Å². The molecule has 4 aliphatic rings. The van der Waals surface area contributed by atoms with Crippen molar-refractivity contribution in [1.29, 1.82) is 0 Å². The summed E-state index contributed by atoms with van der Waals surface area (Å²) in [4.78, 5) is 0. The highest BCUT2D eigenvalue weighted by Gasteiger charge is 2.59. The van der Waals surface area contributed by atoms with Gasteiger partial charge in [-0.1, -0.05) is 63.5 Å². The highest BCUT2D eigenvalue weighted by atomic mass is 19.1. The molecule has 9 atom stereocenters. The van der Waals surface area contributed by atoms with Gasteiger partial charge in [-0.2, -0.15) is 0 Å². The van der Waals surface area contributed by atoms with Gasteiger partial charge < -0.3 is 10.2 Å². The van der Waals surface area contributed by atoms with Crippen molar-refractivity contribution in [3.63, 3.8) is 0 Å². The molecular formula is C31H45FO2. The Morgan fingerprint density at radius 3 is 2.62 bits per heavy atom. The third-order valence-electron chi connectivity index (χ3n) is 11.2. The minimum atomic E-state index is -0.700. The maximum atomic E-state index is 14.0. The first-order valence-electron chi connectivity index (χ1n) is 14.0. The van der Waals surface area contributed by atoms with Gasteiger partial charge in [0.1, 0.15) is 5.82 Å². The molecule has 188 valence electrons. The zero-order valence-electron chi connectivity index (χ0n) is 21.5. The largest absolute Gasteiger partial charge is 0.393 e. The number of fused-ring (bicyclic) bond motifs is 5. The van der Waals surface area contributed by atoms with Crippen LogP contribution in [0, 0.1) is 46.2 Å². The fourth-order valence-electron chi connectivity index (χ4n) is 9.35. The molecule has 4 aliphatic carbocycles. The number of benzene rings is 1. The van der Waals surface area contributed by atoms with Gasteiger partial charge in [0.25, 0.3) is 0 Å². The molecule has 2 N–H and O–H groups in total. The van der Waals surface area contributed by atoms with E-state index < -0.39 is 6.10 Å². The van der Waals surface area contributed by atoms with Crippen LogP contribution in [-0.2, 0) is 0 Å². The van der Waals surface area contributed by atoms with Crippen molar-refractivity contribution in [2.45, 2.75) is 104 Å². The van der Waals surface area contributed by atoms with Crippen LogP contribution in [-0.4, -0.2) is 16.3 Å². The molecule has 2 nitrogen and oxygen atoms in total. The molecule has 0 aliphatic heterocycles. The van der Waals surface area contributed by atoms with E-state index >= 15 is 0 Å². The van der Waals surface area contributed by atoms with Crippen molar-refractivity contribution in [2.24, 2.45) is 40.4 Å². The molecule has 1 aromatic carbocycles. The molecule has 0 spiro atoms. The predicted molar refractivity (Wildman–Crippen MR) is 136 cm³/mol. The maximum absolute atomic E-state index is 14.0. The highest BCUT2D eigenvalue weighted by Crippen LogP contribution is 2.67. The van der Waals surface area contributed by atoms with Gasteiger partial charge >= 0.3 is 0 Å². The van der Waals surface area contributed by atoms with Gasteiger partial charge in [-0.05, 0) is 104 Å². The van der Waals surface area contributed by atoms with E-state index in [0.717, 1.165) is 55.8 Å². The molecule has 1 aromatic rings. The Labute approximate surface area is 206 Å². The van der Waals surface area contributed by atoms with Gasteiger partial charge in [-0.25, -0.2) is 4.39 Å². The summed E-state index contributed by atoms with van der Waals surface area (Å²) in [6.07, 6.45) is 14.1. The van der Waals surface area contributed by atoms with Gasteiger partial charge in [0.15, 0.2) is 0 Å². The second-order valence-corrected chi connectivity index (χ2v) is 12.8. The molecule has 5 rings (SSSR count). The third-order valence-corrected chi connectivity index (χ3v) is 11.2. The normalized spacial score (nSPS) is 41.1. The molecule has 2 unspecified atom stereocenters. The summed E-state index contributed by atoms with van der Waals surface area (Å²) in [5.74, 6) is 3.54. The summed E-state index contributed by atoms with van der Waals surface area (Å²) >= 11 is 0. The van der Waals surface area contributed by atoms with Gasteiger partial charge in [-0.15, -0.1) is 0 Å². The first-order valence-corrected chi connectivity index (χ1v) is 14.0. The quantitative estimate of drug-likeness (QED) is 0.422. The summed E-state index contributed by atoms with van der Waals surface area (Å²) in [6.45, 7) is 7.55. The molecule has 34 heavy (non-hydrogen) atoms. The van der Waals surface area contributed by atoms with E-state index in [1.807, 2.05) is 0 Å². The predicted octanol–water partition coefficient (Wildman–Crippen LogP) is 7.61. The fraction of sp³-hybridized carbons (Fsp3) is 0.742. The highest BCUT2D eigenvalue weighted by molar-refractivity contribution is 5.25. The lowest BCUT2D eigenvalue weighted by molar-refractivity contribution is -0.0573. The number of aliphatic hydroxyl groups excluding tert-OH is 2. The Morgan fingerprint density at radius 2 is 1.82 bits per heavy atom. The maximum Gasteiger partial charge on any atom is 0.128 e. The average Bonchev–Trinajstić information content (AvgIpc) is 3.17. The Balaban J connectivity index is 1.22. The van der Waals surface area contributed by atoms with Crippen LogP contribution in [0.5, 0.6) is 0 Å². The molecular weight excluding hydrogens is 423 g/mol. The Morgan fingerprint density at radius 1 is 1.03 bits per heavy atom. The molecule has 0 amide bonds. The van der Waals surface area contributed by atoms with Crippen LogP contribution in [0.4, 0.5) is 4.39 Å². The van der Waals surface area contributed by atoms with Crippen molar-refractivity contribution in [3.8, 4) is 0 Å². The fourth-order valence-corrected chi connectivity index (χ4v) is 9.35. The Bertz CT molecular complexity index is 910. The lowest BCUT2D eigenvalue weighted by Crippen LogP contribution is -2.50. The van der Waals surface area contributed by atoms with Crippen LogP contribution in [0.2, 0.25) is 0 Å². The molecule has 3 fully saturated rings. The lowest BCUT2D eigenvalue weighted by atomic mass is 9.47. The second-order valence-electron chi connectivity index (χ2n) is 12.8. The van der Waals surface area contributed by atoms with Crippen LogP contribution in [0.25, 0.3) is 0 Å². The molecule has 0 heterocycles. The summed E-state index contributed by atoms with van der Waals surface area (Å²) in [7, 11) is 0. The van der Waals surface area contributed by atoms with E-state index in [1.54, 1.807) is 23.8 Å². The van der Waals surface area contributed by atoms with Gasteiger partial charge in [-0.3, -0.25) is 0 Å². The van der Waals surface area contributed by atoms with Crippen molar-refractivity contribution in [3.05, 3.63) is 47.3 Å². The second kappa shape index (κ2) is 9.36. The number of allylic oxidation sites excluding steroid dienone is 1. The van der Waals surface area contributed by atoms with E-state index in [9.17, 15) is 14.6 Å². The molecule has 0 saturated heterocycles. The zero-order valence-corrected chi connectivity index (χ0v) is 21.5. The first-order chi connectivity index (χ1) is 16.2. The third kappa shape index (κ3) is 4.09. The average molecular weight is 469 g/mol. The number of halogens is 1. The van der Waals surface area contributed by atoms with Crippen LogP contribution >= 0.6 is 0 Å². The lowest BCUT2D eigenvalue weighted by Gasteiger charge is -2.58. The summed E-state index contributed by atoms with van der Waals surface area (Å²) < 4.78 is 14.0. The van der Waals surface area contributed by atoms with Gasteiger partial charge in [0.05, 0.1) is 12.2 Å². The molecule has 0 radical (unpaired) electrons. The van der Waals surface area contributed by atoms with E-state index in [-0.39, 0.29) is 11.9 Å². The van der Waals surface area contributed by atoms with Gasteiger partial charge in [0.2, 0.25) is 0 Å². The molecule has 3 heteroatoms. The summed E-state index contributed by atoms with van der Waals surface area (Å²) in [5, 5.41) is 20.8. The van der Waals surface area contributed by atoms with Crippen LogP contribution < -0.4 is 0 Å². The SMILES string of the molecule is CC(CCCC(O)c1ccccc1F)[C@H]1CC[C@H]2[C@@H]3CC=C4C[C@@H](O)CC[C@]4(C)[C@H]3CC[C@]12C. The molecule has 0 bridgehead atoms. The van der Waals surface area contributed by atoms with Crippen molar-refractivity contribution in [2.75, 3.05) is 0 Å². The standard InChI is InChI=1S/C31H45FO2/c1-20(7-6-10-29(34)24-8-4-5-9-28(24)32)25-13-14-26-23-12-11-21-19-22(33)15-17-30(21,2)27(23)16-18-31(25,26)3/h4-5,8-9,11,20,22-23,25-27,29,33-34H,6-7,10,12-19H2,1-3H3/t20?,22-,23-,25+,26-,27-,29?,30-,31+/m0/s1. The number of hydrogen-bond acceptors (Lipinski definition) is 2. The van der Waals surface area contributed by atoms with Crippen LogP contribution in [0.3, 0.4) is 0 Å². The van der Waals surface area contributed by atoms with E-state index in [1.165, 1.54) is 38.2 Å². The van der Waals surface area contributed by atoms with Gasteiger partial charge in [0, 0.05) is 5.56 Å². The Kier molecular flexibility index (Phi) is 6.74. The minimum absolute atomic E-state index is 0.127. The minimum Gasteiger partial charge on any atom is -0.393 e. The van der Waals surface area contributed by atoms with Crippen molar-refractivity contribution >= 4 is 0 Å². The Hall–Kier alpha value is -1.19. The summed E-state index contributed by atoms with van der Waals surface area (Å²) in [6, 6.07) is 6.64.